The van der Waals surface area contributed by atoms with Crippen LogP contribution in [0.25, 0.3) is 0 Å². The van der Waals surface area contributed by atoms with E-state index in [1.165, 1.54) is 29.2 Å². The lowest BCUT2D eigenvalue weighted by Gasteiger charge is -2.30. The number of allylic oxidation sites excluding steroid dienone is 1. The van der Waals surface area contributed by atoms with Gasteiger partial charge in [-0.05, 0) is 31.4 Å². The van der Waals surface area contributed by atoms with Crippen LogP contribution in [0.5, 0.6) is 0 Å². The summed E-state index contributed by atoms with van der Waals surface area (Å²) >= 11 is 0. The number of esters is 1. The molecule has 2 aliphatic heterocycles. The normalized spacial score (nSPS) is 21.7. The monoisotopic (exact) mass is 408 g/mol. The zero-order chi connectivity index (χ0) is 20.6. The van der Waals surface area contributed by atoms with Crippen LogP contribution < -0.4 is 5.32 Å². The number of anilines is 1. The van der Waals surface area contributed by atoms with Crippen molar-refractivity contribution in [2.45, 2.75) is 38.1 Å². The molecule has 0 spiro atoms. The van der Waals surface area contributed by atoms with Gasteiger partial charge in [0.1, 0.15) is 19.0 Å². The number of aromatic nitrogens is 3. The highest BCUT2D eigenvalue weighted by Gasteiger charge is 2.41. The first kappa shape index (κ1) is 19.4. The van der Waals surface area contributed by atoms with Crippen LogP contribution in [0.2, 0.25) is 0 Å². The molecule has 0 aliphatic carbocycles. The van der Waals surface area contributed by atoms with Gasteiger partial charge in [0.05, 0.1) is 17.2 Å². The van der Waals surface area contributed by atoms with Crippen molar-refractivity contribution >= 4 is 11.9 Å². The third-order valence-electron chi connectivity index (χ3n) is 5.00. The Morgan fingerprint density at radius 3 is 2.90 bits per heavy atom. The highest BCUT2D eigenvalue weighted by molar-refractivity contribution is 5.92. The summed E-state index contributed by atoms with van der Waals surface area (Å²) in [4.78, 5) is 17.0. The number of alkyl halides is 3. The van der Waals surface area contributed by atoms with E-state index >= 15 is 0 Å². The maximum Gasteiger partial charge on any atom is 0.416 e. The summed E-state index contributed by atoms with van der Waals surface area (Å²) in [5.74, 6) is -0.464. The van der Waals surface area contributed by atoms with E-state index < -0.39 is 23.8 Å². The van der Waals surface area contributed by atoms with Gasteiger partial charge in [-0.15, -0.1) is 0 Å². The summed E-state index contributed by atoms with van der Waals surface area (Å²) in [5.41, 5.74) is -0.523. The molecule has 1 fully saturated rings. The molecule has 4 rings (SSSR count). The number of benzene rings is 1. The minimum atomic E-state index is -4.59. The Kier molecular flexibility index (Phi) is 5.03. The molecule has 10 heteroatoms. The van der Waals surface area contributed by atoms with Gasteiger partial charge in [-0.2, -0.15) is 23.3 Å². The number of nitrogens with one attached hydrogen (secondary N) is 1. The maximum atomic E-state index is 13.7. The minimum Gasteiger partial charge on any atom is -0.459 e. The molecule has 1 N–H and O–H groups in total. The molecule has 2 aliphatic rings. The summed E-state index contributed by atoms with van der Waals surface area (Å²) in [6.45, 7) is 2.26. The van der Waals surface area contributed by atoms with Gasteiger partial charge in [-0.3, -0.25) is 0 Å². The van der Waals surface area contributed by atoms with Crippen LogP contribution in [-0.4, -0.2) is 40.1 Å². The molecule has 0 unspecified atom stereocenters. The predicted molar refractivity (Wildman–Crippen MR) is 95.9 cm³/mol. The molecule has 7 nitrogen and oxygen atoms in total. The van der Waals surface area contributed by atoms with E-state index in [2.05, 4.69) is 15.4 Å². The van der Waals surface area contributed by atoms with E-state index in [-0.39, 0.29) is 29.8 Å². The molecule has 29 heavy (non-hydrogen) atoms. The topological polar surface area (TPSA) is 78.3 Å². The fraction of sp³-hybridized carbons (Fsp3) is 0.421. The molecule has 1 aromatic heterocycles. The third kappa shape index (κ3) is 3.71. The lowest BCUT2D eigenvalue weighted by atomic mass is 9.92. The molecular formula is C19H19F3N4O3. The average Bonchev–Trinajstić information content (AvgIpc) is 3.36. The Bertz CT molecular complexity index is 948. The van der Waals surface area contributed by atoms with Crippen LogP contribution in [-0.2, 0) is 20.4 Å². The number of halogens is 3. The van der Waals surface area contributed by atoms with Crippen LogP contribution in [0.15, 0.2) is 41.9 Å². The van der Waals surface area contributed by atoms with Crippen molar-refractivity contribution in [3.05, 3.63) is 53.0 Å². The highest BCUT2D eigenvalue weighted by atomic mass is 19.4. The first-order valence-corrected chi connectivity index (χ1v) is 9.18. The van der Waals surface area contributed by atoms with Crippen molar-refractivity contribution in [2.75, 3.05) is 18.5 Å². The molecule has 0 amide bonds. The molecule has 2 aromatic rings. The van der Waals surface area contributed by atoms with Crippen molar-refractivity contribution in [3.8, 4) is 0 Å². The molecule has 2 atom stereocenters. The van der Waals surface area contributed by atoms with Crippen LogP contribution in [0.3, 0.4) is 0 Å². The van der Waals surface area contributed by atoms with Gasteiger partial charge in [0.15, 0.2) is 0 Å². The van der Waals surface area contributed by atoms with Crippen molar-refractivity contribution in [3.63, 3.8) is 0 Å². The number of fused-ring (bicyclic) bond motifs is 1. The summed E-state index contributed by atoms with van der Waals surface area (Å²) in [7, 11) is 0. The molecule has 3 heterocycles. The molecule has 1 saturated heterocycles. The molecular weight excluding hydrogens is 389 g/mol. The number of hydrogen-bond donors (Lipinski definition) is 1. The van der Waals surface area contributed by atoms with Gasteiger partial charge in [0.2, 0.25) is 5.95 Å². The van der Waals surface area contributed by atoms with Gasteiger partial charge < -0.3 is 14.8 Å². The number of nitrogens with zero attached hydrogens (tertiary/aromatic N) is 3. The van der Waals surface area contributed by atoms with E-state index in [0.29, 0.717) is 12.3 Å². The van der Waals surface area contributed by atoms with E-state index in [1.54, 1.807) is 6.92 Å². The predicted octanol–water partition coefficient (Wildman–Crippen LogP) is 3.31. The number of rotatable bonds is 4. The molecule has 154 valence electrons. The van der Waals surface area contributed by atoms with Crippen molar-refractivity contribution in [1.29, 1.82) is 0 Å². The lowest BCUT2D eigenvalue weighted by molar-refractivity contribution is -0.143. The molecule has 0 radical (unpaired) electrons. The van der Waals surface area contributed by atoms with Crippen LogP contribution in [0.4, 0.5) is 19.1 Å². The average molecular weight is 408 g/mol. The third-order valence-corrected chi connectivity index (χ3v) is 5.00. The zero-order valence-corrected chi connectivity index (χ0v) is 15.6. The SMILES string of the molecule is CC1=C(C(=O)OC[C@H]2CCCO2)[C@H](c2ccccc2C(F)(F)F)n2ncnc2N1. The van der Waals surface area contributed by atoms with Gasteiger partial charge in [-0.1, -0.05) is 18.2 Å². The van der Waals surface area contributed by atoms with E-state index in [1.807, 2.05) is 0 Å². The smallest absolute Gasteiger partial charge is 0.416 e. The van der Waals surface area contributed by atoms with E-state index in [0.717, 1.165) is 18.9 Å². The van der Waals surface area contributed by atoms with Crippen LogP contribution in [0, 0.1) is 0 Å². The first-order valence-electron chi connectivity index (χ1n) is 9.18. The van der Waals surface area contributed by atoms with Gasteiger partial charge in [0, 0.05) is 12.3 Å². The largest absolute Gasteiger partial charge is 0.459 e. The van der Waals surface area contributed by atoms with Crippen LogP contribution >= 0.6 is 0 Å². The van der Waals surface area contributed by atoms with Crippen molar-refractivity contribution < 1.29 is 27.4 Å². The number of carbonyl (C=O) groups is 1. The van der Waals surface area contributed by atoms with Gasteiger partial charge in [-0.25, -0.2) is 9.48 Å². The fourth-order valence-electron chi connectivity index (χ4n) is 3.66. The summed E-state index contributed by atoms with van der Waals surface area (Å²) in [5, 5.41) is 6.96. The minimum absolute atomic E-state index is 0.0491. The second-order valence-electron chi connectivity index (χ2n) is 6.91. The van der Waals surface area contributed by atoms with Crippen LogP contribution in [0.1, 0.15) is 36.9 Å². The standard InChI is InChI=1S/C19H19F3N4O3/c1-11-15(17(27)29-9-12-5-4-8-28-12)16(26-18(25-11)23-10-24-26)13-6-2-3-7-14(13)19(20,21)22/h2-3,6-7,10,12,16H,4-5,8-9H2,1H3,(H,23,24,25)/t12-,16+/m1/s1. The lowest BCUT2D eigenvalue weighted by Crippen LogP contribution is -2.32. The summed E-state index contributed by atoms with van der Waals surface area (Å²) in [6.07, 6.45) is -1.91. The maximum absolute atomic E-state index is 13.7. The number of hydrogen-bond acceptors (Lipinski definition) is 6. The van der Waals surface area contributed by atoms with Gasteiger partial charge >= 0.3 is 12.1 Å². The number of ether oxygens (including phenoxy) is 2. The van der Waals surface area contributed by atoms with E-state index in [4.69, 9.17) is 9.47 Å². The van der Waals surface area contributed by atoms with Gasteiger partial charge in [0.25, 0.3) is 0 Å². The Balaban J connectivity index is 1.74. The Morgan fingerprint density at radius 2 is 2.17 bits per heavy atom. The second-order valence-corrected chi connectivity index (χ2v) is 6.91. The van der Waals surface area contributed by atoms with Crippen molar-refractivity contribution in [1.82, 2.24) is 14.8 Å². The summed E-state index contributed by atoms with van der Waals surface area (Å²) in [6, 6.07) is 4.00. The Hall–Kier alpha value is -2.88. The fourth-order valence-corrected chi connectivity index (χ4v) is 3.66. The summed E-state index contributed by atoms with van der Waals surface area (Å²) < 4.78 is 53.1. The van der Waals surface area contributed by atoms with Crippen molar-refractivity contribution in [2.24, 2.45) is 0 Å². The molecule has 0 saturated carbocycles. The second kappa shape index (κ2) is 7.51. The van der Waals surface area contributed by atoms with E-state index in [9.17, 15) is 18.0 Å². The Morgan fingerprint density at radius 1 is 1.38 bits per heavy atom. The number of carbonyl (C=O) groups excluding carboxylic acids is 1. The zero-order valence-electron chi connectivity index (χ0n) is 15.6. The first-order chi connectivity index (χ1) is 13.9. The molecule has 0 bridgehead atoms. The molecule has 1 aromatic carbocycles. The Labute approximate surface area is 164 Å². The highest BCUT2D eigenvalue weighted by Crippen LogP contribution is 2.41. The quantitative estimate of drug-likeness (QED) is 0.783.